The molecule has 34 valence electrons. The van der Waals surface area contributed by atoms with E-state index in [1.54, 1.807) is 0 Å². The molecule has 0 aliphatic heterocycles. The van der Waals surface area contributed by atoms with E-state index in [9.17, 15) is 0 Å². The summed E-state index contributed by atoms with van der Waals surface area (Å²) in [6.45, 7) is 4.13. The van der Waals surface area contributed by atoms with E-state index in [1.165, 1.54) is 0 Å². The van der Waals surface area contributed by atoms with Crippen LogP contribution < -0.4 is 0 Å². The standard InChI is InChI=1S/C6H10/c1-4-6(3)5-2/h1,6H,5H2,2-3H3. The molecule has 1 unspecified atom stereocenters. The maximum atomic E-state index is 5.03. The highest BCUT2D eigenvalue weighted by Crippen LogP contribution is 1.94. The van der Waals surface area contributed by atoms with Gasteiger partial charge in [0.15, 0.2) is 0 Å². The van der Waals surface area contributed by atoms with Gasteiger partial charge in [0, 0.05) is 5.92 Å². The monoisotopic (exact) mass is 82.1 g/mol. The van der Waals surface area contributed by atoms with E-state index >= 15 is 0 Å². The topological polar surface area (TPSA) is 0 Å². The zero-order valence-electron chi connectivity index (χ0n) is 4.36. The summed E-state index contributed by atoms with van der Waals surface area (Å²) in [4.78, 5) is 0. The van der Waals surface area contributed by atoms with Gasteiger partial charge in [0.05, 0.1) is 0 Å². The minimum atomic E-state index is 0.463. The van der Waals surface area contributed by atoms with Crippen LogP contribution in [0.2, 0.25) is 0 Å². The average Bonchev–Trinajstić information content (AvgIpc) is 1.65. The third-order valence-electron chi connectivity index (χ3n) is 0.897. The van der Waals surface area contributed by atoms with Gasteiger partial charge in [-0.25, -0.2) is 0 Å². The molecular weight excluding hydrogens is 72.1 g/mol. The Morgan fingerprint density at radius 3 is 2.33 bits per heavy atom. The van der Waals surface area contributed by atoms with Crippen LogP contribution in [-0.4, -0.2) is 0 Å². The van der Waals surface area contributed by atoms with Crippen molar-refractivity contribution in [1.82, 2.24) is 0 Å². The molecule has 0 aromatic heterocycles. The van der Waals surface area contributed by atoms with Crippen molar-refractivity contribution in [1.29, 1.82) is 0 Å². The van der Waals surface area contributed by atoms with Crippen molar-refractivity contribution in [2.45, 2.75) is 20.3 Å². The molecule has 0 saturated carbocycles. The van der Waals surface area contributed by atoms with Gasteiger partial charge in [-0.05, 0) is 6.42 Å². The predicted molar refractivity (Wildman–Crippen MR) is 28.3 cm³/mol. The fourth-order valence-electron chi connectivity index (χ4n) is 0.118. The smallest absolute Gasteiger partial charge is 0.0169 e. The first kappa shape index (κ1) is 5.56. The van der Waals surface area contributed by atoms with Crippen molar-refractivity contribution in [2.75, 3.05) is 0 Å². The molecule has 0 aromatic carbocycles. The van der Waals surface area contributed by atoms with Crippen LogP contribution in [0.5, 0.6) is 0 Å². The summed E-state index contributed by atoms with van der Waals surface area (Å²) < 4.78 is 0. The number of hydrogen-bond donors (Lipinski definition) is 0. The minimum Gasteiger partial charge on any atom is -0.120 e. The lowest BCUT2D eigenvalue weighted by molar-refractivity contribution is 0.724. The van der Waals surface area contributed by atoms with E-state index in [0.29, 0.717) is 5.92 Å². The molecule has 0 radical (unpaired) electrons. The molecule has 0 bridgehead atoms. The van der Waals surface area contributed by atoms with Crippen LogP contribution in [0.3, 0.4) is 0 Å². The molecule has 0 heterocycles. The molecule has 0 nitrogen and oxygen atoms in total. The van der Waals surface area contributed by atoms with Gasteiger partial charge in [-0.3, -0.25) is 0 Å². The van der Waals surface area contributed by atoms with Gasteiger partial charge in [-0.15, -0.1) is 12.3 Å². The van der Waals surface area contributed by atoms with Crippen molar-refractivity contribution in [3.05, 3.63) is 0 Å². The Labute approximate surface area is 39.6 Å². The number of rotatable bonds is 1. The first-order valence-electron chi connectivity index (χ1n) is 2.27. The van der Waals surface area contributed by atoms with E-state index < -0.39 is 0 Å². The lowest BCUT2D eigenvalue weighted by atomic mass is 10.1. The van der Waals surface area contributed by atoms with Gasteiger partial charge in [0.1, 0.15) is 0 Å². The molecule has 0 heteroatoms. The highest BCUT2D eigenvalue weighted by Gasteiger charge is 1.84. The normalized spacial score (nSPS) is 12.8. The zero-order chi connectivity index (χ0) is 4.99. The van der Waals surface area contributed by atoms with E-state index in [2.05, 4.69) is 12.8 Å². The average molecular weight is 82.1 g/mol. The Morgan fingerprint density at radius 2 is 2.33 bits per heavy atom. The Balaban J connectivity index is 3.04. The summed E-state index contributed by atoms with van der Waals surface area (Å²) in [5, 5.41) is 0. The molecule has 0 amide bonds. The lowest BCUT2D eigenvalue weighted by Gasteiger charge is -1.90. The molecule has 1 atom stereocenters. The molecule has 0 saturated heterocycles. The first-order valence-corrected chi connectivity index (χ1v) is 2.27. The fourth-order valence-corrected chi connectivity index (χ4v) is 0.118. The van der Waals surface area contributed by atoms with Crippen LogP contribution in [0.4, 0.5) is 0 Å². The van der Waals surface area contributed by atoms with Crippen molar-refractivity contribution >= 4 is 0 Å². The molecular formula is C6H10. The van der Waals surface area contributed by atoms with Gasteiger partial charge >= 0.3 is 0 Å². The number of hydrogen-bond acceptors (Lipinski definition) is 0. The zero-order valence-corrected chi connectivity index (χ0v) is 4.36. The first-order chi connectivity index (χ1) is 2.81. The van der Waals surface area contributed by atoms with Crippen LogP contribution in [-0.2, 0) is 0 Å². The highest BCUT2D eigenvalue weighted by molar-refractivity contribution is 4.88. The lowest BCUT2D eigenvalue weighted by Crippen LogP contribution is -1.81. The molecule has 0 spiro atoms. The second-order valence-electron chi connectivity index (χ2n) is 1.48. The summed E-state index contributed by atoms with van der Waals surface area (Å²) >= 11 is 0. The third kappa shape index (κ3) is 1.84. The SMILES string of the molecule is C#CC(C)CC. The third-order valence-corrected chi connectivity index (χ3v) is 0.897. The second kappa shape index (κ2) is 2.78. The Morgan fingerprint density at radius 1 is 1.83 bits per heavy atom. The van der Waals surface area contributed by atoms with E-state index in [0.717, 1.165) is 6.42 Å². The highest BCUT2D eigenvalue weighted by atomic mass is 13.9. The molecule has 0 rings (SSSR count). The van der Waals surface area contributed by atoms with Gasteiger partial charge in [0.25, 0.3) is 0 Å². The van der Waals surface area contributed by atoms with Crippen LogP contribution in [0.25, 0.3) is 0 Å². The summed E-state index contributed by atoms with van der Waals surface area (Å²) in [6, 6.07) is 0. The van der Waals surface area contributed by atoms with E-state index in [4.69, 9.17) is 6.42 Å². The predicted octanol–water partition coefficient (Wildman–Crippen LogP) is 1.67. The minimum absolute atomic E-state index is 0.463. The van der Waals surface area contributed by atoms with Crippen molar-refractivity contribution in [2.24, 2.45) is 5.92 Å². The maximum absolute atomic E-state index is 5.03. The Bertz CT molecular complexity index is 56.9. The Kier molecular flexibility index (Phi) is 2.58. The van der Waals surface area contributed by atoms with Crippen molar-refractivity contribution in [3.8, 4) is 12.3 Å². The molecule has 0 aromatic rings. The largest absolute Gasteiger partial charge is 0.120 e. The van der Waals surface area contributed by atoms with Crippen LogP contribution in [0.1, 0.15) is 20.3 Å². The second-order valence-corrected chi connectivity index (χ2v) is 1.48. The summed E-state index contributed by atoms with van der Waals surface area (Å²) in [5.74, 6) is 3.08. The summed E-state index contributed by atoms with van der Waals surface area (Å²) in [5.41, 5.74) is 0. The van der Waals surface area contributed by atoms with Crippen LogP contribution in [0, 0.1) is 18.3 Å². The number of terminal acetylenes is 1. The molecule has 0 aliphatic carbocycles. The molecule has 0 fully saturated rings. The summed E-state index contributed by atoms with van der Waals surface area (Å²) in [6.07, 6.45) is 6.13. The van der Waals surface area contributed by atoms with E-state index in [-0.39, 0.29) is 0 Å². The fraction of sp³-hybridized carbons (Fsp3) is 0.667. The molecule has 0 N–H and O–H groups in total. The molecule has 6 heavy (non-hydrogen) atoms. The van der Waals surface area contributed by atoms with Gasteiger partial charge in [0.2, 0.25) is 0 Å². The Hall–Kier alpha value is -0.440. The maximum Gasteiger partial charge on any atom is 0.0169 e. The van der Waals surface area contributed by atoms with Gasteiger partial charge < -0.3 is 0 Å². The van der Waals surface area contributed by atoms with Crippen molar-refractivity contribution in [3.63, 3.8) is 0 Å². The summed E-state index contributed by atoms with van der Waals surface area (Å²) in [7, 11) is 0. The van der Waals surface area contributed by atoms with Crippen LogP contribution in [0.15, 0.2) is 0 Å². The van der Waals surface area contributed by atoms with Gasteiger partial charge in [-0.2, -0.15) is 0 Å². The molecule has 0 aliphatic rings. The van der Waals surface area contributed by atoms with Crippen LogP contribution >= 0.6 is 0 Å². The van der Waals surface area contributed by atoms with E-state index in [1.807, 2.05) is 6.92 Å². The quantitative estimate of drug-likeness (QED) is 0.422. The van der Waals surface area contributed by atoms with Gasteiger partial charge in [-0.1, -0.05) is 13.8 Å². The van der Waals surface area contributed by atoms with Crippen molar-refractivity contribution < 1.29 is 0 Å².